The Morgan fingerprint density at radius 1 is 0.857 bits per heavy atom. The summed E-state index contributed by atoms with van der Waals surface area (Å²) in [6.07, 6.45) is 9.50. The molecule has 0 N–H and O–H groups in total. The van der Waals surface area contributed by atoms with Gasteiger partial charge in [0, 0.05) is 0 Å². The molecular formula is C6H12Li. The molecular weight excluding hydrogens is 79.0 g/mol. The minimum absolute atomic E-state index is 0. The van der Waals surface area contributed by atoms with Crippen molar-refractivity contribution in [2.24, 2.45) is 0 Å². The standard InChI is InChI=1S/C6H11.Li.H/c1-2-4-6-5-3-1;;/h1H,2-6H2;;. The van der Waals surface area contributed by atoms with Crippen LogP contribution in [-0.2, 0) is 0 Å². The fourth-order valence-electron chi connectivity index (χ4n) is 0.898. The second-order valence-corrected chi connectivity index (χ2v) is 1.93. The van der Waals surface area contributed by atoms with E-state index >= 15 is 0 Å². The zero-order valence-electron chi connectivity index (χ0n) is 4.11. The SMILES string of the molecule is [CH]1CCCCC1.[LiH]. The maximum atomic E-state index is 2.39. The quantitative estimate of drug-likeness (QED) is 0.396. The van der Waals surface area contributed by atoms with Crippen molar-refractivity contribution in [3.63, 3.8) is 0 Å². The molecule has 0 unspecified atom stereocenters. The molecule has 1 rings (SSSR count). The van der Waals surface area contributed by atoms with E-state index in [-0.39, 0.29) is 18.9 Å². The Hall–Kier alpha value is 0.597. The van der Waals surface area contributed by atoms with Crippen LogP contribution in [0.1, 0.15) is 32.1 Å². The van der Waals surface area contributed by atoms with Gasteiger partial charge in [0.1, 0.15) is 0 Å². The van der Waals surface area contributed by atoms with E-state index in [0.29, 0.717) is 0 Å². The fraction of sp³-hybridized carbons (Fsp3) is 0.833. The molecule has 0 bridgehead atoms. The van der Waals surface area contributed by atoms with Crippen molar-refractivity contribution >= 4 is 18.9 Å². The predicted octanol–water partition coefficient (Wildman–Crippen LogP) is 1.51. The second kappa shape index (κ2) is 4.75. The molecule has 0 atom stereocenters. The molecule has 0 heterocycles. The summed E-state index contributed by atoms with van der Waals surface area (Å²) in [5, 5.41) is 0. The summed E-state index contributed by atoms with van der Waals surface area (Å²) in [5.74, 6) is 0. The summed E-state index contributed by atoms with van der Waals surface area (Å²) in [6, 6.07) is 0. The van der Waals surface area contributed by atoms with Gasteiger partial charge >= 0.3 is 18.9 Å². The van der Waals surface area contributed by atoms with Gasteiger partial charge in [-0.15, -0.1) is 0 Å². The number of hydrogen-bond donors (Lipinski definition) is 0. The summed E-state index contributed by atoms with van der Waals surface area (Å²) in [5.41, 5.74) is 0. The van der Waals surface area contributed by atoms with Crippen LogP contribution in [0, 0.1) is 6.42 Å². The Labute approximate surface area is 57.9 Å². The van der Waals surface area contributed by atoms with Gasteiger partial charge in [-0.25, -0.2) is 0 Å². The van der Waals surface area contributed by atoms with Crippen LogP contribution in [0.5, 0.6) is 0 Å². The van der Waals surface area contributed by atoms with Crippen LogP contribution < -0.4 is 0 Å². The van der Waals surface area contributed by atoms with Crippen LogP contribution in [0.4, 0.5) is 0 Å². The van der Waals surface area contributed by atoms with Crippen LogP contribution in [0.25, 0.3) is 0 Å². The van der Waals surface area contributed by atoms with Gasteiger partial charge in [-0.3, -0.25) is 0 Å². The predicted molar refractivity (Wildman–Crippen MR) is 34.5 cm³/mol. The van der Waals surface area contributed by atoms with Gasteiger partial charge in [0.25, 0.3) is 0 Å². The van der Waals surface area contributed by atoms with Crippen LogP contribution in [0.2, 0.25) is 0 Å². The first kappa shape index (κ1) is 7.60. The van der Waals surface area contributed by atoms with Gasteiger partial charge < -0.3 is 0 Å². The molecule has 0 aromatic heterocycles. The van der Waals surface area contributed by atoms with E-state index in [9.17, 15) is 0 Å². The normalized spacial score (nSPS) is 20.6. The Morgan fingerprint density at radius 3 is 1.57 bits per heavy atom. The third kappa shape index (κ3) is 3.20. The Morgan fingerprint density at radius 2 is 1.43 bits per heavy atom. The van der Waals surface area contributed by atoms with E-state index in [2.05, 4.69) is 6.42 Å². The molecule has 1 aliphatic rings. The zero-order chi connectivity index (χ0) is 4.24. The molecule has 7 heavy (non-hydrogen) atoms. The minimum atomic E-state index is 0. The van der Waals surface area contributed by atoms with Gasteiger partial charge in [-0.05, 0) is 6.42 Å². The van der Waals surface area contributed by atoms with Gasteiger partial charge in [-0.1, -0.05) is 32.1 Å². The van der Waals surface area contributed by atoms with Gasteiger partial charge in [0.2, 0.25) is 0 Å². The Balaban J connectivity index is 0.000000360. The summed E-state index contributed by atoms with van der Waals surface area (Å²) >= 11 is 0. The molecule has 0 aromatic rings. The molecule has 37 valence electrons. The fourth-order valence-corrected chi connectivity index (χ4v) is 0.898. The Bertz CT molecular complexity index is 19.7. The average molecular weight is 91.1 g/mol. The number of hydrogen-bond acceptors (Lipinski definition) is 0. The molecule has 0 aliphatic heterocycles. The van der Waals surface area contributed by atoms with Crippen molar-refractivity contribution in [1.29, 1.82) is 0 Å². The molecule has 0 saturated heterocycles. The summed E-state index contributed by atoms with van der Waals surface area (Å²) in [7, 11) is 0. The molecule has 1 saturated carbocycles. The van der Waals surface area contributed by atoms with Crippen molar-refractivity contribution in [3.05, 3.63) is 6.42 Å². The third-order valence-corrected chi connectivity index (χ3v) is 1.32. The maximum absolute atomic E-state index is 2.39. The molecule has 1 heteroatoms. The van der Waals surface area contributed by atoms with Crippen molar-refractivity contribution in [1.82, 2.24) is 0 Å². The van der Waals surface area contributed by atoms with Gasteiger partial charge in [0.15, 0.2) is 0 Å². The van der Waals surface area contributed by atoms with Crippen molar-refractivity contribution in [3.8, 4) is 0 Å². The molecule has 1 radical (unpaired) electrons. The molecule has 0 amide bonds. The van der Waals surface area contributed by atoms with Crippen LogP contribution in [0.15, 0.2) is 0 Å². The second-order valence-electron chi connectivity index (χ2n) is 1.93. The molecule has 1 aliphatic carbocycles. The van der Waals surface area contributed by atoms with Crippen LogP contribution in [0.3, 0.4) is 0 Å². The topological polar surface area (TPSA) is 0 Å². The summed E-state index contributed by atoms with van der Waals surface area (Å²) < 4.78 is 0. The summed E-state index contributed by atoms with van der Waals surface area (Å²) in [6.45, 7) is 0. The Kier molecular flexibility index (Phi) is 5.15. The van der Waals surface area contributed by atoms with Crippen molar-refractivity contribution in [2.75, 3.05) is 0 Å². The van der Waals surface area contributed by atoms with E-state index in [1.807, 2.05) is 0 Å². The average Bonchev–Trinajstić information content (AvgIpc) is 1.72. The van der Waals surface area contributed by atoms with E-state index in [4.69, 9.17) is 0 Å². The van der Waals surface area contributed by atoms with E-state index in [0.717, 1.165) is 0 Å². The molecule has 0 aromatic carbocycles. The molecule has 0 spiro atoms. The van der Waals surface area contributed by atoms with Crippen LogP contribution in [-0.4, -0.2) is 18.9 Å². The van der Waals surface area contributed by atoms with Crippen molar-refractivity contribution < 1.29 is 0 Å². The number of rotatable bonds is 0. The first-order chi connectivity index (χ1) is 3.00. The van der Waals surface area contributed by atoms with Crippen molar-refractivity contribution in [2.45, 2.75) is 32.1 Å². The first-order valence-electron chi connectivity index (χ1n) is 2.82. The monoisotopic (exact) mass is 91.1 g/mol. The van der Waals surface area contributed by atoms with E-state index in [1.54, 1.807) is 0 Å². The molecule has 1 fully saturated rings. The first-order valence-corrected chi connectivity index (χ1v) is 2.82. The third-order valence-electron chi connectivity index (χ3n) is 1.32. The zero-order valence-corrected chi connectivity index (χ0v) is 4.11. The molecule has 0 nitrogen and oxygen atoms in total. The van der Waals surface area contributed by atoms with Crippen LogP contribution >= 0.6 is 0 Å². The van der Waals surface area contributed by atoms with Gasteiger partial charge in [0.05, 0.1) is 0 Å². The van der Waals surface area contributed by atoms with E-state index in [1.165, 1.54) is 32.1 Å². The summed E-state index contributed by atoms with van der Waals surface area (Å²) in [4.78, 5) is 0. The van der Waals surface area contributed by atoms with E-state index < -0.39 is 0 Å². The van der Waals surface area contributed by atoms with Gasteiger partial charge in [-0.2, -0.15) is 0 Å².